The Morgan fingerprint density at radius 2 is 2.36 bits per heavy atom. The maximum absolute atomic E-state index is 9.75. The molecule has 1 aromatic rings. The van der Waals surface area contributed by atoms with Crippen LogP contribution in [-0.2, 0) is 0 Å². The van der Waals surface area contributed by atoms with Crippen molar-refractivity contribution in [3.05, 3.63) is 41.4 Å². The Bertz CT molecular complexity index is 323. The quantitative estimate of drug-likeness (QED) is 0.778. The Morgan fingerprint density at radius 3 is 2.93 bits per heavy atom. The van der Waals surface area contributed by atoms with Gasteiger partial charge in [0.25, 0.3) is 0 Å². The highest BCUT2D eigenvalue weighted by atomic mass is 35.5. The second-order valence-corrected chi connectivity index (χ2v) is 3.36. The highest BCUT2D eigenvalue weighted by molar-refractivity contribution is 6.30. The van der Waals surface area contributed by atoms with Crippen LogP contribution in [0.2, 0.25) is 5.02 Å². The van der Waals surface area contributed by atoms with E-state index >= 15 is 0 Å². The molecule has 1 unspecified atom stereocenters. The van der Waals surface area contributed by atoms with Gasteiger partial charge in [-0.25, -0.2) is 0 Å². The Kier molecular flexibility index (Phi) is 3.98. The number of aliphatic hydroxyl groups excluding tert-OH is 1. The zero-order valence-electron chi connectivity index (χ0n) is 8.03. The van der Waals surface area contributed by atoms with Crippen LogP contribution in [0.4, 0.5) is 0 Å². The fourth-order valence-corrected chi connectivity index (χ4v) is 1.43. The first kappa shape index (κ1) is 11.1. The standard InChI is InChI=1S/C11H13ClO2/c1-3-4-10(13)9-7-8(12)5-6-11(9)14-2/h3,5-7,10,13H,1,4H2,2H3. The minimum absolute atomic E-state index is 0.483. The fourth-order valence-electron chi connectivity index (χ4n) is 1.25. The summed E-state index contributed by atoms with van der Waals surface area (Å²) in [5, 5.41) is 10.3. The summed E-state index contributed by atoms with van der Waals surface area (Å²) in [5.41, 5.74) is 0.694. The number of rotatable bonds is 4. The predicted octanol–water partition coefficient (Wildman–Crippen LogP) is 2.96. The molecule has 0 saturated carbocycles. The Labute approximate surface area is 88.8 Å². The van der Waals surface area contributed by atoms with E-state index in [4.69, 9.17) is 16.3 Å². The van der Waals surface area contributed by atoms with Crippen molar-refractivity contribution in [2.75, 3.05) is 7.11 Å². The van der Waals surface area contributed by atoms with Gasteiger partial charge in [-0.05, 0) is 24.6 Å². The third kappa shape index (κ3) is 2.50. The summed E-state index contributed by atoms with van der Waals surface area (Å²) < 4.78 is 5.11. The molecule has 0 aromatic heterocycles. The van der Waals surface area contributed by atoms with Crippen LogP contribution in [0, 0.1) is 0 Å². The zero-order chi connectivity index (χ0) is 10.6. The van der Waals surface area contributed by atoms with Crippen LogP contribution < -0.4 is 4.74 Å². The maximum Gasteiger partial charge on any atom is 0.124 e. The average molecular weight is 213 g/mol. The molecule has 0 bridgehead atoms. The van der Waals surface area contributed by atoms with Crippen molar-refractivity contribution in [3.8, 4) is 5.75 Å². The van der Waals surface area contributed by atoms with E-state index < -0.39 is 6.10 Å². The van der Waals surface area contributed by atoms with Gasteiger partial charge >= 0.3 is 0 Å². The Morgan fingerprint density at radius 1 is 1.64 bits per heavy atom. The lowest BCUT2D eigenvalue weighted by molar-refractivity contribution is 0.177. The van der Waals surface area contributed by atoms with E-state index in [2.05, 4.69) is 6.58 Å². The van der Waals surface area contributed by atoms with Gasteiger partial charge in [0.15, 0.2) is 0 Å². The number of hydrogen-bond acceptors (Lipinski definition) is 2. The molecule has 0 saturated heterocycles. The zero-order valence-corrected chi connectivity index (χ0v) is 8.79. The largest absolute Gasteiger partial charge is 0.496 e. The summed E-state index contributed by atoms with van der Waals surface area (Å²) in [6.45, 7) is 3.57. The molecule has 0 aliphatic carbocycles. The molecular formula is C11H13ClO2. The normalized spacial score (nSPS) is 12.2. The third-order valence-electron chi connectivity index (χ3n) is 1.94. The highest BCUT2D eigenvalue weighted by Crippen LogP contribution is 2.29. The first-order valence-electron chi connectivity index (χ1n) is 4.31. The SMILES string of the molecule is C=CCC(O)c1cc(Cl)ccc1OC. The first-order chi connectivity index (χ1) is 6.69. The van der Waals surface area contributed by atoms with Gasteiger partial charge in [-0.2, -0.15) is 0 Å². The van der Waals surface area contributed by atoms with Crippen molar-refractivity contribution in [1.29, 1.82) is 0 Å². The van der Waals surface area contributed by atoms with E-state index in [9.17, 15) is 5.11 Å². The number of halogens is 1. The van der Waals surface area contributed by atoms with Gasteiger partial charge in [0.1, 0.15) is 5.75 Å². The fraction of sp³-hybridized carbons (Fsp3) is 0.273. The van der Waals surface area contributed by atoms with Crippen molar-refractivity contribution >= 4 is 11.6 Å². The molecule has 1 rings (SSSR count). The topological polar surface area (TPSA) is 29.5 Å². The van der Waals surface area contributed by atoms with Gasteiger partial charge in [0.05, 0.1) is 13.2 Å². The van der Waals surface area contributed by atoms with Crippen LogP contribution in [0.25, 0.3) is 0 Å². The molecule has 1 aromatic carbocycles. The van der Waals surface area contributed by atoms with Crippen molar-refractivity contribution < 1.29 is 9.84 Å². The predicted molar refractivity (Wildman–Crippen MR) is 57.8 cm³/mol. The lowest BCUT2D eigenvalue weighted by Crippen LogP contribution is -1.99. The average Bonchev–Trinajstić information content (AvgIpc) is 2.18. The summed E-state index contributed by atoms with van der Waals surface area (Å²) in [6.07, 6.45) is 1.53. The van der Waals surface area contributed by atoms with E-state index in [0.29, 0.717) is 22.8 Å². The monoisotopic (exact) mass is 212 g/mol. The van der Waals surface area contributed by atoms with Crippen LogP contribution in [0.15, 0.2) is 30.9 Å². The maximum atomic E-state index is 9.75. The summed E-state index contributed by atoms with van der Waals surface area (Å²) in [6, 6.07) is 5.17. The molecule has 0 aliphatic rings. The molecule has 76 valence electrons. The lowest BCUT2D eigenvalue weighted by Gasteiger charge is -2.13. The number of aliphatic hydroxyl groups is 1. The smallest absolute Gasteiger partial charge is 0.124 e. The van der Waals surface area contributed by atoms with E-state index in [1.165, 1.54) is 0 Å². The van der Waals surface area contributed by atoms with Crippen molar-refractivity contribution in [2.45, 2.75) is 12.5 Å². The van der Waals surface area contributed by atoms with Crippen LogP contribution in [0.1, 0.15) is 18.1 Å². The molecule has 1 atom stereocenters. The van der Waals surface area contributed by atoms with Gasteiger partial charge in [0, 0.05) is 10.6 Å². The summed E-state index contributed by atoms with van der Waals surface area (Å²) in [7, 11) is 1.56. The molecular weight excluding hydrogens is 200 g/mol. The molecule has 0 radical (unpaired) electrons. The minimum Gasteiger partial charge on any atom is -0.496 e. The van der Waals surface area contributed by atoms with Gasteiger partial charge < -0.3 is 9.84 Å². The molecule has 1 N–H and O–H groups in total. The van der Waals surface area contributed by atoms with E-state index in [1.807, 2.05) is 0 Å². The Balaban J connectivity index is 3.02. The van der Waals surface area contributed by atoms with Gasteiger partial charge in [-0.3, -0.25) is 0 Å². The van der Waals surface area contributed by atoms with Crippen molar-refractivity contribution in [3.63, 3.8) is 0 Å². The summed E-state index contributed by atoms with van der Waals surface area (Å²) >= 11 is 5.83. The molecule has 0 fully saturated rings. The van der Waals surface area contributed by atoms with Gasteiger partial charge in [0.2, 0.25) is 0 Å². The number of methoxy groups -OCH3 is 1. The summed E-state index contributed by atoms with van der Waals surface area (Å²) in [5.74, 6) is 0.642. The second-order valence-electron chi connectivity index (χ2n) is 2.93. The van der Waals surface area contributed by atoms with Crippen molar-refractivity contribution in [1.82, 2.24) is 0 Å². The number of benzene rings is 1. The van der Waals surface area contributed by atoms with Crippen LogP contribution in [0.5, 0.6) is 5.75 Å². The van der Waals surface area contributed by atoms with Gasteiger partial charge in [-0.15, -0.1) is 6.58 Å². The first-order valence-corrected chi connectivity index (χ1v) is 4.69. The molecule has 14 heavy (non-hydrogen) atoms. The van der Waals surface area contributed by atoms with Crippen LogP contribution in [0.3, 0.4) is 0 Å². The van der Waals surface area contributed by atoms with E-state index in [1.54, 1.807) is 31.4 Å². The number of hydrogen-bond donors (Lipinski definition) is 1. The number of ether oxygens (including phenoxy) is 1. The van der Waals surface area contributed by atoms with E-state index in [-0.39, 0.29) is 0 Å². The Hall–Kier alpha value is -0.990. The molecule has 0 aliphatic heterocycles. The van der Waals surface area contributed by atoms with Crippen LogP contribution >= 0.6 is 11.6 Å². The molecule has 0 spiro atoms. The highest BCUT2D eigenvalue weighted by Gasteiger charge is 2.11. The van der Waals surface area contributed by atoms with Crippen LogP contribution in [-0.4, -0.2) is 12.2 Å². The third-order valence-corrected chi connectivity index (χ3v) is 2.18. The molecule has 0 heterocycles. The molecule has 3 heteroatoms. The summed E-state index contributed by atoms with van der Waals surface area (Å²) in [4.78, 5) is 0. The molecule has 0 amide bonds. The second kappa shape index (κ2) is 5.03. The lowest BCUT2D eigenvalue weighted by atomic mass is 10.1. The van der Waals surface area contributed by atoms with Gasteiger partial charge in [-0.1, -0.05) is 17.7 Å². The van der Waals surface area contributed by atoms with Crippen molar-refractivity contribution in [2.24, 2.45) is 0 Å². The van der Waals surface area contributed by atoms with E-state index in [0.717, 1.165) is 0 Å². The minimum atomic E-state index is -0.610. The molecule has 2 nitrogen and oxygen atoms in total.